The van der Waals surface area contributed by atoms with Crippen molar-refractivity contribution in [1.82, 2.24) is 24.8 Å². The maximum absolute atomic E-state index is 13.3. The SMILES string of the molecule is CO/N=C(\c1cc2ccccc2cn1)C1CCN(C(=O)C2CCN(Cc3cnc(N)nc3)CC2)CC1. The highest BCUT2D eigenvalue weighted by atomic mass is 16.6. The second-order valence-electron chi connectivity index (χ2n) is 9.68. The van der Waals surface area contributed by atoms with Crippen molar-refractivity contribution in [1.29, 1.82) is 0 Å². The molecule has 0 saturated carbocycles. The Morgan fingerprint density at radius 1 is 0.972 bits per heavy atom. The van der Waals surface area contributed by atoms with E-state index in [1.165, 1.54) is 0 Å². The number of fused-ring (bicyclic) bond motifs is 1. The lowest BCUT2D eigenvalue weighted by Gasteiger charge is -2.37. The minimum absolute atomic E-state index is 0.0923. The molecule has 9 heteroatoms. The van der Waals surface area contributed by atoms with Crippen LogP contribution in [-0.2, 0) is 16.2 Å². The maximum Gasteiger partial charge on any atom is 0.225 e. The number of hydrogen-bond donors (Lipinski definition) is 1. The van der Waals surface area contributed by atoms with E-state index in [0.717, 1.165) is 86.1 Å². The minimum Gasteiger partial charge on any atom is -0.399 e. The predicted molar refractivity (Wildman–Crippen MR) is 139 cm³/mol. The zero-order valence-electron chi connectivity index (χ0n) is 20.7. The summed E-state index contributed by atoms with van der Waals surface area (Å²) in [6, 6.07) is 10.3. The van der Waals surface area contributed by atoms with Gasteiger partial charge in [0.1, 0.15) is 12.8 Å². The van der Waals surface area contributed by atoms with Crippen LogP contribution in [-0.4, -0.2) is 69.7 Å². The van der Waals surface area contributed by atoms with Gasteiger partial charge >= 0.3 is 0 Å². The molecule has 2 N–H and O–H groups in total. The number of carbonyl (C=O) groups is 1. The second kappa shape index (κ2) is 11.0. The third-order valence-electron chi connectivity index (χ3n) is 7.34. The summed E-state index contributed by atoms with van der Waals surface area (Å²) in [5.74, 6) is 0.889. The number of pyridine rings is 1. The molecule has 0 aliphatic carbocycles. The molecule has 0 atom stereocenters. The molecule has 188 valence electrons. The van der Waals surface area contributed by atoms with Crippen LogP contribution in [0.2, 0.25) is 0 Å². The molecule has 2 saturated heterocycles. The molecule has 0 radical (unpaired) electrons. The number of oxime groups is 1. The summed E-state index contributed by atoms with van der Waals surface area (Å²) in [5, 5.41) is 6.60. The van der Waals surface area contributed by atoms with Crippen LogP contribution in [0.25, 0.3) is 10.8 Å². The number of rotatable bonds is 6. The molecule has 1 amide bonds. The molecule has 2 aliphatic heterocycles. The average Bonchev–Trinajstić information content (AvgIpc) is 2.93. The lowest BCUT2D eigenvalue weighted by molar-refractivity contribution is -0.138. The number of anilines is 1. The number of amides is 1. The number of likely N-dealkylation sites (tertiary alicyclic amines) is 2. The van der Waals surface area contributed by atoms with Gasteiger partial charge < -0.3 is 15.5 Å². The summed E-state index contributed by atoms with van der Waals surface area (Å²) in [4.78, 5) is 35.7. The van der Waals surface area contributed by atoms with Gasteiger partial charge in [-0.25, -0.2) is 9.97 Å². The van der Waals surface area contributed by atoms with E-state index in [0.29, 0.717) is 5.95 Å². The minimum atomic E-state index is 0.0923. The Morgan fingerprint density at radius 3 is 2.33 bits per heavy atom. The highest BCUT2D eigenvalue weighted by Crippen LogP contribution is 2.27. The van der Waals surface area contributed by atoms with E-state index in [4.69, 9.17) is 10.6 Å². The Hall–Kier alpha value is -3.59. The summed E-state index contributed by atoms with van der Waals surface area (Å²) in [6.45, 7) is 4.06. The zero-order valence-corrected chi connectivity index (χ0v) is 20.7. The van der Waals surface area contributed by atoms with Crippen LogP contribution in [0.1, 0.15) is 36.9 Å². The van der Waals surface area contributed by atoms with E-state index >= 15 is 0 Å². The maximum atomic E-state index is 13.3. The van der Waals surface area contributed by atoms with Crippen LogP contribution in [0.15, 0.2) is 54.1 Å². The standard InChI is InChI=1S/C27H33N7O2/c1-36-32-25(24-14-22-4-2-3-5-23(22)17-29-24)20-8-12-34(13-9-20)26(35)21-6-10-33(11-7-21)18-19-15-30-27(28)31-16-19/h2-5,14-17,20-21H,6-13,18H2,1H3,(H2,28,30,31)/b32-25-. The summed E-state index contributed by atoms with van der Waals surface area (Å²) in [6.07, 6.45) is 8.92. The van der Waals surface area contributed by atoms with Gasteiger partial charge in [0.25, 0.3) is 0 Å². The molecule has 2 aromatic heterocycles. The first kappa shape index (κ1) is 24.1. The van der Waals surface area contributed by atoms with E-state index in [9.17, 15) is 4.79 Å². The van der Waals surface area contributed by atoms with Gasteiger partial charge in [-0.05, 0) is 50.2 Å². The molecule has 5 rings (SSSR count). The molecule has 3 aromatic rings. The van der Waals surface area contributed by atoms with Crippen molar-refractivity contribution >= 4 is 28.3 Å². The van der Waals surface area contributed by atoms with Crippen molar-refractivity contribution in [2.45, 2.75) is 32.2 Å². The number of nitrogens with two attached hydrogens (primary N) is 1. The molecule has 4 heterocycles. The smallest absolute Gasteiger partial charge is 0.225 e. The Kier molecular flexibility index (Phi) is 7.36. The molecular weight excluding hydrogens is 454 g/mol. The van der Waals surface area contributed by atoms with E-state index in [1.54, 1.807) is 19.5 Å². The van der Waals surface area contributed by atoms with Crippen molar-refractivity contribution < 1.29 is 9.63 Å². The Bertz CT molecular complexity index is 1210. The van der Waals surface area contributed by atoms with E-state index < -0.39 is 0 Å². The average molecular weight is 488 g/mol. The molecule has 0 unspecified atom stereocenters. The van der Waals surface area contributed by atoms with Gasteiger partial charge in [-0.15, -0.1) is 0 Å². The van der Waals surface area contributed by atoms with E-state index in [2.05, 4.69) is 43.2 Å². The van der Waals surface area contributed by atoms with Crippen LogP contribution in [0, 0.1) is 11.8 Å². The number of aromatic nitrogens is 3. The largest absolute Gasteiger partial charge is 0.399 e. The summed E-state index contributed by atoms with van der Waals surface area (Å²) < 4.78 is 0. The lowest BCUT2D eigenvalue weighted by Crippen LogP contribution is -2.46. The molecule has 36 heavy (non-hydrogen) atoms. The van der Waals surface area contributed by atoms with Gasteiger partial charge in [0.2, 0.25) is 11.9 Å². The monoisotopic (exact) mass is 487 g/mol. The lowest BCUT2D eigenvalue weighted by atomic mass is 9.88. The van der Waals surface area contributed by atoms with Gasteiger partial charge in [-0.3, -0.25) is 14.7 Å². The van der Waals surface area contributed by atoms with Crippen LogP contribution < -0.4 is 5.73 Å². The zero-order chi connectivity index (χ0) is 24.9. The normalized spacial score (nSPS) is 18.5. The molecule has 0 spiro atoms. The van der Waals surface area contributed by atoms with Gasteiger partial charge in [0, 0.05) is 61.0 Å². The van der Waals surface area contributed by atoms with Crippen molar-refractivity contribution in [3.05, 3.63) is 60.2 Å². The summed E-state index contributed by atoms with van der Waals surface area (Å²) >= 11 is 0. The molecular formula is C27H33N7O2. The summed E-state index contributed by atoms with van der Waals surface area (Å²) in [5.41, 5.74) is 8.34. The van der Waals surface area contributed by atoms with Crippen molar-refractivity contribution in [2.24, 2.45) is 17.0 Å². The van der Waals surface area contributed by atoms with E-state index in [1.807, 2.05) is 23.2 Å². The van der Waals surface area contributed by atoms with Crippen LogP contribution in [0.3, 0.4) is 0 Å². The van der Waals surface area contributed by atoms with Crippen molar-refractivity contribution in [3.8, 4) is 0 Å². The number of nitrogen functional groups attached to an aromatic ring is 1. The quantitative estimate of drug-likeness (QED) is 0.420. The molecule has 2 aliphatic rings. The molecule has 2 fully saturated rings. The Labute approximate surface area is 211 Å². The van der Waals surface area contributed by atoms with Gasteiger partial charge in [0.05, 0.1) is 5.69 Å². The third-order valence-corrected chi connectivity index (χ3v) is 7.34. The Balaban J connectivity index is 1.15. The first-order chi connectivity index (χ1) is 17.6. The topological polar surface area (TPSA) is 110 Å². The summed E-state index contributed by atoms with van der Waals surface area (Å²) in [7, 11) is 1.58. The van der Waals surface area contributed by atoms with Gasteiger partial charge in [0.15, 0.2) is 0 Å². The second-order valence-corrected chi connectivity index (χ2v) is 9.68. The van der Waals surface area contributed by atoms with Crippen LogP contribution in [0.4, 0.5) is 5.95 Å². The Morgan fingerprint density at radius 2 is 1.64 bits per heavy atom. The number of carbonyl (C=O) groups excluding carboxylic acids is 1. The number of benzene rings is 1. The van der Waals surface area contributed by atoms with Crippen LogP contribution in [0.5, 0.6) is 0 Å². The fourth-order valence-corrected chi connectivity index (χ4v) is 5.33. The number of piperidine rings is 2. The number of hydrogen-bond acceptors (Lipinski definition) is 8. The third kappa shape index (κ3) is 5.46. The first-order valence-corrected chi connectivity index (χ1v) is 12.6. The first-order valence-electron chi connectivity index (χ1n) is 12.6. The van der Waals surface area contributed by atoms with Crippen LogP contribution >= 0.6 is 0 Å². The van der Waals surface area contributed by atoms with Crippen molar-refractivity contribution in [3.63, 3.8) is 0 Å². The highest BCUT2D eigenvalue weighted by Gasteiger charge is 2.33. The van der Waals surface area contributed by atoms with Crippen molar-refractivity contribution in [2.75, 3.05) is 39.0 Å². The fourth-order valence-electron chi connectivity index (χ4n) is 5.33. The highest BCUT2D eigenvalue weighted by molar-refractivity contribution is 6.02. The molecule has 9 nitrogen and oxygen atoms in total. The van der Waals surface area contributed by atoms with Gasteiger partial charge in [-0.2, -0.15) is 0 Å². The van der Waals surface area contributed by atoms with Gasteiger partial charge in [-0.1, -0.05) is 29.4 Å². The number of nitrogens with zero attached hydrogens (tertiary/aromatic N) is 6. The fraction of sp³-hybridized carbons (Fsp3) is 0.444. The molecule has 0 bridgehead atoms. The van der Waals surface area contributed by atoms with E-state index in [-0.39, 0.29) is 17.7 Å². The molecule has 1 aromatic carbocycles. The predicted octanol–water partition coefficient (Wildman–Crippen LogP) is 3.11.